The summed E-state index contributed by atoms with van der Waals surface area (Å²) < 4.78 is 10.4. The lowest BCUT2D eigenvalue weighted by atomic mass is 9.98. The van der Waals surface area contributed by atoms with Crippen molar-refractivity contribution < 1.29 is 19.1 Å². The number of ether oxygens (including phenoxy) is 2. The number of fused-ring (bicyclic) bond motifs is 1. The van der Waals surface area contributed by atoms with Gasteiger partial charge in [0.15, 0.2) is 11.5 Å². The maximum absolute atomic E-state index is 11.5. The number of rotatable bonds is 2. The van der Waals surface area contributed by atoms with E-state index in [4.69, 9.17) is 14.3 Å². The van der Waals surface area contributed by atoms with Gasteiger partial charge in [-0.25, -0.2) is 4.79 Å². The Morgan fingerprint density at radius 2 is 2.06 bits per heavy atom. The van der Waals surface area contributed by atoms with E-state index in [1.807, 2.05) is 6.07 Å². The Kier molecular flexibility index (Phi) is 3.23. The topological polar surface area (TPSA) is 57.1 Å². The van der Waals surface area contributed by atoms with Crippen molar-refractivity contribution in [2.24, 2.45) is 10.6 Å². The van der Waals surface area contributed by atoms with Crippen molar-refractivity contribution in [1.29, 1.82) is 0 Å². The predicted octanol–water partition coefficient (Wildman–Crippen LogP) is 2.34. The molecule has 0 saturated carbocycles. The number of hydrogen-bond acceptors (Lipinski definition) is 5. The zero-order chi connectivity index (χ0) is 13.2. The van der Waals surface area contributed by atoms with Crippen molar-refractivity contribution in [1.82, 2.24) is 0 Å². The molecule has 0 atom stereocenters. The molecule has 18 heavy (non-hydrogen) atoms. The van der Waals surface area contributed by atoms with E-state index in [0.717, 1.165) is 5.56 Å². The molecule has 5 nitrogen and oxygen atoms in total. The van der Waals surface area contributed by atoms with Gasteiger partial charge in [-0.2, -0.15) is 0 Å². The van der Waals surface area contributed by atoms with Crippen LogP contribution in [0.4, 0.5) is 0 Å². The Labute approximate surface area is 105 Å². The van der Waals surface area contributed by atoms with Crippen LogP contribution < -0.4 is 9.47 Å². The third kappa shape index (κ3) is 2.80. The highest BCUT2D eigenvalue weighted by molar-refractivity contribution is 5.82. The summed E-state index contributed by atoms with van der Waals surface area (Å²) in [5.41, 5.74) is 0.215. The van der Waals surface area contributed by atoms with Crippen molar-refractivity contribution in [3.8, 4) is 11.5 Å². The maximum atomic E-state index is 11.5. The summed E-state index contributed by atoms with van der Waals surface area (Å²) in [6.45, 7) is 5.54. The number of carbonyl (C=O) groups excluding carboxylic acids is 1. The molecule has 0 aromatic heterocycles. The average Bonchev–Trinajstić information content (AvgIpc) is 2.74. The van der Waals surface area contributed by atoms with E-state index in [1.165, 1.54) is 6.21 Å². The lowest BCUT2D eigenvalue weighted by Gasteiger charge is -2.12. The Hall–Kier alpha value is -2.04. The summed E-state index contributed by atoms with van der Waals surface area (Å²) in [5.74, 6) is 0.999. The lowest BCUT2D eigenvalue weighted by molar-refractivity contribution is -0.152. The second kappa shape index (κ2) is 4.68. The largest absolute Gasteiger partial charge is 0.454 e. The van der Waals surface area contributed by atoms with Crippen molar-refractivity contribution in [3.63, 3.8) is 0 Å². The van der Waals surface area contributed by atoms with E-state index in [1.54, 1.807) is 32.9 Å². The number of hydrogen-bond donors (Lipinski definition) is 0. The fraction of sp³-hybridized carbons (Fsp3) is 0.385. The standard InChI is InChI=1S/C13H15NO4/c1-13(2,3)12(15)18-14-7-9-4-5-10-11(6-9)17-8-16-10/h4-7H,8H2,1-3H3. The summed E-state index contributed by atoms with van der Waals surface area (Å²) in [6.07, 6.45) is 1.46. The van der Waals surface area contributed by atoms with Crippen LogP contribution in [0.3, 0.4) is 0 Å². The molecule has 0 unspecified atom stereocenters. The summed E-state index contributed by atoms with van der Waals surface area (Å²) in [6, 6.07) is 5.37. The van der Waals surface area contributed by atoms with Crippen LogP contribution in [0.2, 0.25) is 0 Å². The summed E-state index contributed by atoms with van der Waals surface area (Å²) in [4.78, 5) is 16.2. The monoisotopic (exact) mass is 249 g/mol. The maximum Gasteiger partial charge on any atom is 0.340 e. The van der Waals surface area contributed by atoms with Crippen molar-refractivity contribution in [2.75, 3.05) is 6.79 Å². The van der Waals surface area contributed by atoms with Gasteiger partial charge in [0.1, 0.15) is 0 Å². The van der Waals surface area contributed by atoms with Crippen LogP contribution in [0.25, 0.3) is 0 Å². The van der Waals surface area contributed by atoms with E-state index in [-0.39, 0.29) is 12.8 Å². The minimum atomic E-state index is -0.563. The normalized spacial score (nSPS) is 13.9. The molecule has 1 aromatic carbocycles. The molecule has 1 aliphatic rings. The van der Waals surface area contributed by atoms with Gasteiger partial charge >= 0.3 is 5.97 Å². The molecule has 1 aromatic rings. The van der Waals surface area contributed by atoms with Crippen LogP contribution in [0.15, 0.2) is 23.4 Å². The van der Waals surface area contributed by atoms with Gasteiger partial charge in [0, 0.05) is 5.56 Å². The quantitative estimate of drug-likeness (QED) is 0.458. The Morgan fingerprint density at radius 3 is 2.78 bits per heavy atom. The van der Waals surface area contributed by atoms with Crippen molar-refractivity contribution in [3.05, 3.63) is 23.8 Å². The minimum Gasteiger partial charge on any atom is -0.454 e. The third-order valence-corrected chi connectivity index (χ3v) is 2.35. The lowest BCUT2D eigenvalue weighted by Crippen LogP contribution is -2.21. The Balaban J connectivity index is 2.00. The summed E-state index contributed by atoms with van der Waals surface area (Å²) in [5, 5.41) is 3.66. The average molecular weight is 249 g/mol. The zero-order valence-electron chi connectivity index (χ0n) is 10.6. The van der Waals surface area contributed by atoms with Crippen LogP contribution in [-0.4, -0.2) is 19.0 Å². The molecule has 0 radical (unpaired) electrons. The molecule has 0 spiro atoms. The first-order chi connectivity index (χ1) is 8.47. The molecule has 2 rings (SSSR count). The van der Waals surface area contributed by atoms with E-state index in [2.05, 4.69) is 5.16 Å². The Bertz CT molecular complexity index is 488. The van der Waals surface area contributed by atoms with E-state index >= 15 is 0 Å². The Morgan fingerprint density at radius 1 is 1.33 bits per heavy atom. The molecule has 1 heterocycles. The number of carbonyl (C=O) groups is 1. The fourth-order valence-electron chi connectivity index (χ4n) is 1.27. The highest BCUT2D eigenvalue weighted by atomic mass is 16.7. The van der Waals surface area contributed by atoms with Gasteiger partial charge in [0.2, 0.25) is 6.79 Å². The molecule has 0 fully saturated rings. The third-order valence-electron chi connectivity index (χ3n) is 2.35. The van der Waals surface area contributed by atoms with Crippen molar-refractivity contribution >= 4 is 12.2 Å². The molecule has 0 N–H and O–H groups in total. The summed E-state index contributed by atoms with van der Waals surface area (Å²) >= 11 is 0. The van der Waals surface area contributed by atoms with E-state index < -0.39 is 5.41 Å². The highest BCUT2D eigenvalue weighted by Crippen LogP contribution is 2.31. The molecule has 0 saturated heterocycles. The van der Waals surface area contributed by atoms with Gasteiger partial charge < -0.3 is 14.3 Å². The smallest absolute Gasteiger partial charge is 0.340 e. The SMILES string of the molecule is CC(C)(C)C(=O)ON=Cc1ccc2c(c1)OCO2. The predicted molar refractivity (Wildman–Crippen MR) is 65.7 cm³/mol. The first-order valence-corrected chi connectivity index (χ1v) is 5.61. The van der Waals surface area contributed by atoms with E-state index in [9.17, 15) is 4.79 Å². The van der Waals surface area contributed by atoms with Gasteiger partial charge in [-0.05, 0) is 39.0 Å². The molecule has 1 aliphatic heterocycles. The molecule has 96 valence electrons. The second-order valence-electron chi connectivity index (χ2n) is 4.98. The van der Waals surface area contributed by atoms with Gasteiger partial charge in [0.05, 0.1) is 11.6 Å². The van der Waals surface area contributed by atoms with Gasteiger partial charge in [0.25, 0.3) is 0 Å². The molecule has 5 heteroatoms. The number of nitrogens with zero attached hydrogens (tertiary/aromatic N) is 1. The van der Waals surface area contributed by atoms with Crippen molar-refractivity contribution in [2.45, 2.75) is 20.8 Å². The number of benzene rings is 1. The molecular weight excluding hydrogens is 234 g/mol. The zero-order valence-corrected chi connectivity index (χ0v) is 10.6. The first kappa shape index (κ1) is 12.4. The minimum absolute atomic E-state index is 0.231. The molecular formula is C13H15NO4. The van der Waals surface area contributed by atoms with Gasteiger partial charge in [-0.3, -0.25) is 0 Å². The molecule has 0 bridgehead atoms. The first-order valence-electron chi connectivity index (χ1n) is 5.61. The van der Waals surface area contributed by atoms with Crippen LogP contribution in [-0.2, 0) is 9.63 Å². The highest BCUT2D eigenvalue weighted by Gasteiger charge is 2.23. The van der Waals surface area contributed by atoms with E-state index in [0.29, 0.717) is 11.5 Å². The van der Waals surface area contributed by atoms with Crippen LogP contribution in [0, 0.1) is 5.41 Å². The second-order valence-corrected chi connectivity index (χ2v) is 4.98. The number of oxime groups is 1. The molecule has 0 amide bonds. The van der Waals surface area contributed by atoms with Gasteiger partial charge in [-0.15, -0.1) is 0 Å². The van der Waals surface area contributed by atoms with Crippen LogP contribution in [0.5, 0.6) is 11.5 Å². The fourth-order valence-corrected chi connectivity index (χ4v) is 1.27. The van der Waals surface area contributed by atoms with Gasteiger partial charge in [-0.1, -0.05) is 5.16 Å². The van der Waals surface area contributed by atoms with Crippen LogP contribution in [0.1, 0.15) is 26.3 Å². The summed E-state index contributed by atoms with van der Waals surface area (Å²) in [7, 11) is 0. The van der Waals surface area contributed by atoms with Crippen LogP contribution >= 0.6 is 0 Å². The molecule has 0 aliphatic carbocycles.